The van der Waals surface area contributed by atoms with E-state index in [1.807, 2.05) is 0 Å². The van der Waals surface area contributed by atoms with Crippen molar-refractivity contribution in [2.75, 3.05) is 5.32 Å². The number of urea groups is 1. The van der Waals surface area contributed by atoms with Gasteiger partial charge in [0.25, 0.3) is 0 Å². The lowest BCUT2D eigenvalue weighted by Gasteiger charge is -2.08. The summed E-state index contributed by atoms with van der Waals surface area (Å²) in [4.78, 5) is 15.8. The van der Waals surface area contributed by atoms with Crippen molar-refractivity contribution in [3.63, 3.8) is 0 Å². The highest BCUT2D eigenvalue weighted by molar-refractivity contribution is 7.91. The van der Waals surface area contributed by atoms with Crippen molar-refractivity contribution >= 4 is 33.2 Å². The third-order valence-electron chi connectivity index (χ3n) is 3.44. The van der Waals surface area contributed by atoms with Gasteiger partial charge >= 0.3 is 6.03 Å². The van der Waals surface area contributed by atoms with Gasteiger partial charge in [0.2, 0.25) is 9.84 Å². The lowest BCUT2D eigenvalue weighted by atomic mass is 10.3. The summed E-state index contributed by atoms with van der Waals surface area (Å²) in [7, 11) is -3.68. The number of aromatic nitrogens is 1. The number of oxazole rings is 1. The van der Waals surface area contributed by atoms with E-state index in [9.17, 15) is 13.2 Å². The molecule has 3 aromatic rings. The van der Waals surface area contributed by atoms with Gasteiger partial charge in [0, 0.05) is 10.7 Å². The fraction of sp³-hybridized carbons (Fsp3) is 0.0588. The lowest BCUT2D eigenvalue weighted by Crippen LogP contribution is -2.27. The van der Waals surface area contributed by atoms with E-state index in [1.165, 1.54) is 49.0 Å². The minimum Gasteiger partial charge on any atom is -0.447 e. The molecule has 0 bridgehead atoms. The third kappa shape index (κ3) is 4.22. The zero-order valence-electron chi connectivity index (χ0n) is 13.3. The number of anilines is 1. The van der Waals surface area contributed by atoms with Crippen LogP contribution in [0.4, 0.5) is 10.5 Å². The Bertz CT molecular complexity index is 1000. The zero-order valence-corrected chi connectivity index (χ0v) is 14.9. The first-order valence-corrected chi connectivity index (χ1v) is 9.34. The highest BCUT2D eigenvalue weighted by atomic mass is 35.5. The van der Waals surface area contributed by atoms with E-state index < -0.39 is 15.9 Å². The molecule has 2 aromatic carbocycles. The highest BCUT2D eigenvalue weighted by Gasteiger charge is 2.17. The van der Waals surface area contributed by atoms with Gasteiger partial charge in [-0.1, -0.05) is 17.7 Å². The molecule has 9 heteroatoms. The van der Waals surface area contributed by atoms with Gasteiger partial charge in [-0.2, -0.15) is 0 Å². The van der Waals surface area contributed by atoms with E-state index in [0.29, 0.717) is 16.5 Å². The molecule has 0 aliphatic rings. The molecule has 134 valence electrons. The maximum atomic E-state index is 12.6. The van der Waals surface area contributed by atoms with E-state index in [0.717, 1.165) is 0 Å². The van der Waals surface area contributed by atoms with Crippen molar-refractivity contribution in [3.8, 4) is 0 Å². The quantitative estimate of drug-likeness (QED) is 0.693. The molecule has 0 aliphatic carbocycles. The second-order valence-electron chi connectivity index (χ2n) is 5.26. The van der Waals surface area contributed by atoms with Crippen molar-refractivity contribution in [1.29, 1.82) is 0 Å². The summed E-state index contributed by atoms with van der Waals surface area (Å²) >= 11 is 5.86. The van der Waals surface area contributed by atoms with E-state index in [4.69, 9.17) is 16.0 Å². The second-order valence-corrected chi connectivity index (χ2v) is 7.65. The van der Waals surface area contributed by atoms with Crippen molar-refractivity contribution in [2.24, 2.45) is 0 Å². The number of carbonyl (C=O) groups excluding carboxylic acids is 1. The molecular formula is C17H14ClN3O4S. The van der Waals surface area contributed by atoms with E-state index in [1.54, 1.807) is 12.1 Å². The topological polar surface area (TPSA) is 101 Å². The Labute approximate surface area is 154 Å². The van der Waals surface area contributed by atoms with Crippen molar-refractivity contribution in [3.05, 3.63) is 71.9 Å². The van der Waals surface area contributed by atoms with Crippen LogP contribution in [0.15, 0.2) is 75.3 Å². The van der Waals surface area contributed by atoms with Crippen molar-refractivity contribution in [2.45, 2.75) is 16.3 Å². The van der Waals surface area contributed by atoms with E-state index in [-0.39, 0.29) is 16.3 Å². The molecule has 0 aliphatic heterocycles. The van der Waals surface area contributed by atoms with Gasteiger partial charge in [0.1, 0.15) is 5.76 Å². The summed E-state index contributed by atoms with van der Waals surface area (Å²) in [5, 5.41) is 5.54. The Kier molecular flexibility index (Phi) is 5.24. The molecule has 0 spiro atoms. The monoisotopic (exact) mass is 391 g/mol. The Hall–Kier alpha value is -2.84. The first kappa shape index (κ1) is 18.0. The van der Waals surface area contributed by atoms with Gasteiger partial charge in [0.15, 0.2) is 6.39 Å². The van der Waals surface area contributed by atoms with Gasteiger partial charge in [-0.3, -0.25) is 0 Å². The number of rotatable bonds is 5. The predicted octanol–water partition coefficient (Wildman–Crippen LogP) is 3.48. The molecule has 0 radical (unpaired) electrons. The molecule has 1 heterocycles. The number of carbonyl (C=O) groups is 1. The van der Waals surface area contributed by atoms with Crippen LogP contribution in [-0.4, -0.2) is 19.4 Å². The minimum absolute atomic E-state index is 0.104. The minimum atomic E-state index is -3.68. The predicted molar refractivity (Wildman–Crippen MR) is 95.7 cm³/mol. The Morgan fingerprint density at radius 3 is 2.54 bits per heavy atom. The number of benzene rings is 2. The average molecular weight is 392 g/mol. The molecule has 0 atom stereocenters. The lowest BCUT2D eigenvalue weighted by molar-refractivity contribution is 0.251. The number of nitrogens with zero attached hydrogens (tertiary/aromatic N) is 1. The van der Waals surface area contributed by atoms with Crippen molar-refractivity contribution < 1.29 is 17.6 Å². The molecule has 26 heavy (non-hydrogen) atoms. The van der Waals surface area contributed by atoms with Crippen LogP contribution in [0, 0.1) is 0 Å². The molecule has 0 saturated carbocycles. The Morgan fingerprint density at radius 1 is 1.12 bits per heavy atom. The molecule has 7 nitrogen and oxygen atoms in total. The van der Waals surface area contributed by atoms with Crippen molar-refractivity contribution in [1.82, 2.24) is 10.3 Å². The standard InChI is InChI=1S/C17H14ClN3O4S/c18-12-2-1-3-16(8-12)26(23,24)15-6-4-13(5-7-15)21-17(22)20-10-14-9-19-11-25-14/h1-9,11H,10H2,(H2,20,21,22). The van der Waals surface area contributed by atoms with Crippen LogP contribution < -0.4 is 10.6 Å². The molecular weight excluding hydrogens is 378 g/mol. The van der Waals surface area contributed by atoms with Crippen LogP contribution in [0.25, 0.3) is 0 Å². The number of sulfone groups is 1. The number of hydrogen-bond donors (Lipinski definition) is 2. The van der Waals surface area contributed by atoms with Gasteiger partial charge < -0.3 is 15.1 Å². The molecule has 2 amide bonds. The van der Waals surface area contributed by atoms with Crippen LogP contribution in [-0.2, 0) is 16.4 Å². The van der Waals surface area contributed by atoms with Crippen LogP contribution in [0.5, 0.6) is 0 Å². The first-order chi connectivity index (χ1) is 12.4. The van der Waals surface area contributed by atoms with Gasteiger partial charge in [-0.25, -0.2) is 18.2 Å². The maximum absolute atomic E-state index is 12.6. The van der Waals surface area contributed by atoms with Gasteiger partial charge in [-0.05, 0) is 42.5 Å². The third-order valence-corrected chi connectivity index (χ3v) is 5.44. The molecule has 2 N–H and O–H groups in total. The fourth-order valence-corrected chi connectivity index (χ4v) is 3.72. The number of nitrogens with one attached hydrogen (secondary N) is 2. The summed E-state index contributed by atoms with van der Waals surface area (Å²) in [6, 6.07) is 11.4. The molecule has 0 unspecified atom stereocenters. The molecule has 0 saturated heterocycles. The largest absolute Gasteiger partial charge is 0.447 e. The second kappa shape index (κ2) is 7.59. The highest BCUT2D eigenvalue weighted by Crippen LogP contribution is 2.24. The summed E-state index contributed by atoms with van der Waals surface area (Å²) in [6.07, 6.45) is 2.77. The maximum Gasteiger partial charge on any atom is 0.319 e. The molecule has 1 aromatic heterocycles. The van der Waals surface area contributed by atoms with Crippen LogP contribution in [0.3, 0.4) is 0 Å². The fourth-order valence-electron chi connectivity index (χ4n) is 2.16. The number of amides is 2. The Balaban J connectivity index is 1.67. The SMILES string of the molecule is O=C(NCc1cnco1)Nc1ccc(S(=O)(=O)c2cccc(Cl)c2)cc1. The van der Waals surface area contributed by atoms with Crippen LogP contribution >= 0.6 is 11.6 Å². The molecule has 0 fully saturated rings. The van der Waals surface area contributed by atoms with E-state index in [2.05, 4.69) is 15.6 Å². The summed E-state index contributed by atoms with van der Waals surface area (Å²) in [6.45, 7) is 0.188. The van der Waals surface area contributed by atoms with Crippen LogP contribution in [0.2, 0.25) is 5.02 Å². The van der Waals surface area contributed by atoms with E-state index >= 15 is 0 Å². The Morgan fingerprint density at radius 2 is 1.88 bits per heavy atom. The van der Waals surface area contributed by atoms with Crippen LogP contribution in [0.1, 0.15) is 5.76 Å². The average Bonchev–Trinajstić information content (AvgIpc) is 3.14. The summed E-state index contributed by atoms with van der Waals surface area (Å²) in [5.41, 5.74) is 0.449. The number of halogens is 1. The van der Waals surface area contributed by atoms with Gasteiger partial charge in [0.05, 0.1) is 22.5 Å². The smallest absolute Gasteiger partial charge is 0.319 e. The molecule has 3 rings (SSSR count). The summed E-state index contributed by atoms with van der Waals surface area (Å²) < 4.78 is 30.2. The first-order valence-electron chi connectivity index (χ1n) is 7.48. The zero-order chi connectivity index (χ0) is 18.6. The normalized spacial score (nSPS) is 11.1. The summed E-state index contributed by atoms with van der Waals surface area (Å²) in [5.74, 6) is 0.517. The number of hydrogen-bond acceptors (Lipinski definition) is 5. The van der Waals surface area contributed by atoms with Gasteiger partial charge in [-0.15, -0.1) is 0 Å².